The van der Waals surface area contributed by atoms with Crippen molar-refractivity contribution in [2.75, 3.05) is 7.11 Å². The molecule has 22 heavy (non-hydrogen) atoms. The number of alkyl halides is 2. The standard InChI is InChI=1S/C16H18Cl2N2O2/c1-15(9-16(15,17)18)14(21)20-19-13-5-3-4-10-8-11(22-2)6-7-12(10)13/h6-8H,3-5,9H2,1-2H3,(H,20,21)/b19-13-/t15-/m0/s1. The van der Waals surface area contributed by atoms with Gasteiger partial charge in [0.1, 0.15) is 10.1 Å². The lowest BCUT2D eigenvalue weighted by molar-refractivity contribution is -0.125. The van der Waals surface area contributed by atoms with Gasteiger partial charge in [-0.15, -0.1) is 23.2 Å². The summed E-state index contributed by atoms with van der Waals surface area (Å²) >= 11 is 12.0. The van der Waals surface area contributed by atoms with Crippen LogP contribution in [0.2, 0.25) is 0 Å². The Hall–Kier alpha value is -1.26. The zero-order chi connectivity index (χ0) is 16.0. The van der Waals surface area contributed by atoms with Crippen LogP contribution in [0.1, 0.15) is 37.3 Å². The third-order valence-electron chi connectivity index (χ3n) is 4.53. The van der Waals surface area contributed by atoms with Crippen molar-refractivity contribution in [3.8, 4) is 5.75 Å². The summed E-state index contributed by atoms with van der Waals surface area (Å²) in [5.74, 6) is 0.606. The van der Waals surface area contributed by atoms with E-state index in [1.165, 1.54) is 5.56 Å². The topological polar surface area (TPSA) is 50.7 Å². The first kappa shape index (κ1) is 15.6. The van der Waals surface area contributed by atoms with Crippen LogP contribution in [0.4, 0.5) is 0 Å². The van der Waals surface area contributed by atoms with Crippen molar-refractivity contribution in [1.82, 2.24) is 5.43 Å². The quantitative estimate of drug-likeness (QED) is 0.676. The average Bonchev–Trinajstić information content (AvgIpc) is 3.03. The number of methoxy groups -OCH3 is 1. The molecular weight excluding hydrogens is 323 g/mol. The molecule has 1 aromatic rings. The highest BCUT2D eigenvalue weighted by molar-refractivity contribution is 6.53. The van der Waals surface area contributed by atoms with E-state index in [2.05, 4.69) is 10.5 Å². The van der Waals surface area contributed by atoms with E-state index >= 15 is 0 Å². The predicted octanol–water partition coefficient (Wildman–Crippen LogP) is 3.44. The molecule has 0 saturated heterocycles. The van der Waals surface area contributed by atoms with E-state index in [-0.39, 0.29) is 5.91 Å². The zero-order valence-electron chi connectivity index (χ0n) is 12.6. The maximum absolute atomic E-state index is 12.2. The fourth-order valence-corrected chi connectivity index (χ4v) is 3.48. The zero-order valence-corrected chi connectivity index (χ0v) is 14.1. The molecule has 1 aromatic carbocycles. The van der Waals surface area contributed by atoms with E-state index in [9.17, 15) is 4.79 Å². The average molecular weight is 341 g/mol. The minimum atomic E-state index is -0.977. The van der Waals surface area contributed by atoms with E-state index in [0.717, 1.165) is 36.3 Å². The molecule has 0 heterocycles. The first-order valence-electron chi connectivity index (χ1n) is 7.29. The highest BCUT2D eigenvalue weighted by Crippen LogP contribution is 2.63. The summed E-state index contributed by atoms with van der Waals surface area (Å²) in [6.45, 7) is 1.75. The highest BCUT2D eigenvalue weighted by Gasteiger charge is 2.68. The van der Waals surface area contributed by atoms with E-state index < -0.39 is 9.75 Å². The number of rotatable bonds is 3. The molecule has 2 aliphatic carbocycles. The van der Waals surface area contributed by atoms with Crippen LogP contribution in [0, 0.1) is 5.41 Å². The number of carbonyl (C=O) groups is 1. The smallest absolute Gasteiger partial charge is 0.249 e. The summed E-state index contributed by atoms with van der Waals surface area (Å²) in [5, 5.41) is 4.31. The molecule has 0 unspecified atom stereocenters. The van der Waals surface area contributed by atoms with Gasteiger partial charge in [0.05, 0.1) is 18.2 Å². The number of ether oxygens (including phenoxy) is 1. The Balaban J connectivity index is 1.78. The number of halogens is 2. The van der Waals surface area contributed by atoms with Gasteiger partial charge in [-0.25, -0.2) is 5.43 Å². The van der Waals surface area contributed by atoms with Gasteiger partial charge >= 0.3 is 0 Å². The van der Waals surface area contributed by atoms with Crippen molar-refractivity contribution >= 4 is 34.8 Å². The number of hydrazone groups is 1. The maximum atomic E-state index is 12.2. The van der Waals surface area contributed by atoms with Crippen molar-refractivity contribution in [2.24, 2.45) is 10.5 Å². The van der Waals surface area contributed by atoms with Crippen molar-refractivity contribution in [1.29, 1.82) is 0 Å². The minimum Gasteiger partial charge on any atom is -0.497 e. The second-order valence-corrected chi connectivity index (χ2v) is 7.57. The molecule has 0 radical (unpaired) electrons. The lowest BCUT2D eigenvalue weighted by Gasteiger charge is -2.19. The molecular formula is C16H18Cl2N2O2. The number of fused-ring (bicyclic) bond motifs is 1. The fraction of sp³-hybridized carbons (Fsp3) is 0.500. The Morgan fingerprint density at radius 3 is 2.73 bits per heavy atom. The molecule has 3 rings (SSSR count). The lowest BCUT2D eigenvalue weighted by Crippen LogP contribution is -2.31. The van der Waals surface area contributed by atoms with E-state index in [4.69, 9.17) is 27.9 Å². The van der Waals surface area contributed by atoms with Crippen LogP contribution in [0.5, 0.6) is 5.75 Å². The molecule has 0 bridgehead atoms. The summed E-state index contributed by atoms with van der Waals surface area (Å²) in [6.07, 6.45) is 3.28. The molecule has 1 atom stereocenters. The largest absolute Gasteiger partial charge is 0.497 e. The Kier molecular flexibility index (Phi) is 3.86. The molecule has 1 saturated carbocycles. The summed E-state index contributed by atoms with van der Waals surface area (Å²) in [5.41, 5.74) is 5.02. The SMILES string of the molecule is COc1ccc2c(c1)CCC/C2=N/NC(=O)[C@]1(C)CC1(Cl)Cl. The number of hydrogen-bond acceptors (Lipinski definition) is 3. The number of aryl methyl sites for hydroxylation is 1. The summed E-state index contributed by atoms with van der Waals surface area (Å²) < 4.78 is 4.27. The van der Waals surface area contributed by atoms with Gasteiger partial charge in [-0.2, -0.15) is 5.10 Å². The van der Waals surface area contributed by atoms with Gasteiger partial charge < -0.3 is 4.74 Å². The first-order valence-corrected chi connectivity index (χ1v) is 8.05. The van der Waals surface area contributed by atoms with Crippen molar-refractivity contribution < 1.29 is 9.53 Å². The second kappa shape index (κ2) is 5.43. The molecule has 118 valence electrons. The Labute approximate surface area is 139 Å². The van der Waals surface area contributed by atoms with Gasteiger partial charge in [0.15, 0.2) is 0 Å². The third-order valence-corrected chi connectivity index (χ3v) is 5.64. The van der Waals surface area contributed by atoms with Gasteiger partial charge in [-0.3, -0.25) is 4.79 Å². The van der Waals surface area contributed by atoms with Crippen molar-refractivity contribution in [3.05, 3.63) is 29.3 Å². The minimum absolute atomic E-state index is 0.231. The Bertz CT molecular complexity index is 658. The molecule has 2 aliphatic rings. The molecule has 1 N–H and O–H groups in total. The molecule has 6 heteroatoms. The number of amides is 1. The van der Waals surface area contributed by atoms with Crippen LogP contribution in [0.3, 0.4) is 0 Å². The maximum Gasteiger partial charge on any atom is 0.249 e. The van der Waals surface area contributed by atoms with Crippen molar-refractivity contribution in [2.45, 2.75) is 36.9 Å². The first-order chi connectivity index (χ1) is 10.4. The summed E-state index contributed by atoms with van der Waals surface area (Å²) in [4.78, 5) is 12.2. The molecule has 1 amide bonds. The summed E-state index contributed by atoms with van der Waals surface area (Å²) in [6, 6.07) is 5.92. The Morgan fingerprint density at radius 1 is 1.36 bits per heavy atom. The number of carbonyl (C=O) groups excluding carboxylic acids is 1. The van der Waals surface area contributed by atoms with Gasteiger partial charge in [0, 0.05) is 5.56 Å². The molecule has 4 nitrogen and oxygen atoms in total. The Morgan fingerprint density at radius 2 is 2.09 bits per heavy atom. The van der Waals surface area contributed by atoms with E-state index in [0.29, 0.717) is 6.42 Å². The van der Waals surface area contributed by atoms with Crippen LogP contribution in [0.15, 0.2) is 23.3 Å². The van der Waals surface area contributed by atoms with Gasteiger partial charge in [0.2, 0.25) is 5.91 Å². The number of nitrogens with zero attached hydrogens (tertiary/aromatic N) is 1. The lowest BCUT2D eigenvalue weighted by atomic mass is 9.90. The van der Waals surface area contributed by atoms with Crippen LogP contribution >= 0.6 is 23.2 Å². The van der Waals surface area contributed by atoms with E-state index in [1.807, 2.05) is 18.2 Å². The molecule has 0 spiro atoms. The second-order valence-electron chi connectivity index (χ2n) is 6.09. The third kappa shape index (κ3) is 2.59. The van der Waals surface area contributed by atoms with Crippen LogP contribution < -0.4 is 10.2 Å². The van der Waals surface area contributed by atoms with Gasteiger partial charge in [-0.1, -0.05) is 0 Å². The molecule has 0 aliphatic heterocycles. The van der Waals surface area contributed by atoms with Gasteiger partial charge in [-0.05, 0) is 56.4 Å². The van der Waals surface area contributed by atoms with Gasteiger partial charge in [0.25, 0.3) is 0 Å². The predicted molar refractivity (Wildman–Crippen MR) is 87.8 cm³/mol. The number of nitrogens with one attached hydrogen (secondary N) is 1. The fourth-order valence-electron chi connectivity index (χ4n) is 2.77. The van der Waals surface area contributed by atoms with E-state index in [1.54, 1.807) is 14.0 Å². The molecule has 0 aromatic heterocycles. The number of hydrogen-bond donors (Lipinski definition) is 1. The molecule has 1 fully saturated rings. The monoisotopic (exact) mass is 340 g/mol. The van der Waals surface area contributed by atoms with Crippen molar-refractivity contribution in [3.63, 3.8) is 0 Å². The highest BCUT2D eigenvalue weighted by atomic mass is 35.5. The normalized spacial score (nSPS) is 27.2. The van der Waals surface area contributed by atoms with Crippen LogP contribution in [-0.2, 0) is 11.2 Å². The number of benzene rings is 1. The van der Waals surface area contributed by atoms with Crippen LogP contribution in [0.25, 0.3) is 0 Å². The van der Waals surface area contributed by atoms with Crippen LogP contribution in [-0.4, -0.2) is 23.1 Å². The summed E-state index contributed by atoms with van der Waals surface area (Å²) in [7, 11) is 1.65.